The molecule has 3 rings (SSSR count). The van der Waals surface area contributed by atoms with E-state index in [0.717, 1.165) is 25.5 Å². The third-order valence-electron chi connectivity index (χ3n) is 5.84. The normalized spacial score (nSPS) is 22.9. The molecule has 162 valence electrons. The van der Waals surface area contributed by atoms with Crippen LogP contribution in [0.25, 0.3) is 0 Å². The molecule has 7 heteroatoms. The van der Waals surface area contributed by atoms with Crippen LogP contribution >= 0.6 is 24.0 Å². The highest BCUT2D eigenvalue weighted by Gasteiger charge is 2.30. The summed E-state index contributed by atoms with van der Waals surface area (Å²) in [5.74, 6) is 0.818. The van der Waals surface area contributed by atoms with Gasteiger partial charge in [0.1, 0.15) is 6.54 Å². The van der Waals surface area contributed by atoms with E-state index in [1.54, 1.807) is 19.0 Å². The number of guanidine groups is 1. The number of amides is 1. The third-order valence-corrected chi connectivity index (χ3v) is 5.84. The van der Waals surface area contributed by atoms with Gasteiger partial charge in [-0.1, -0.05) is 43.2 Å². The first-order chi connectivity index (χ1) is 13.5. The summed E-state index contributed by atoms with van der Waals surface area (Å²) in [4.78, 5) is 20.7. The first kappa shape index (κ1) is 23.9. The second kappa shape index (κ2) is 11.7. The number of carbonyl (C=O) groups is 1. The molecular weight excluding hydrogens is 477 g/mol. The Morgan fingerprint density at radius 3 is 2.45 bits per heavy atom. The second-order valence-electron chi connectivity index (χ2n) is 8.42. The summed E-state index contributed by atoms with van der Waals surface area (Å²) in [5.41, 5.74) is 1.35. The highest BCUT2D eigenvalue weighted by molar-refractivity contribution is 14.0. The molecule has 0 aromatic heterocycles. The van der Waals surface area contributed by atoms with Crippen molar-refractivity contribution in [1.82, 2.24) is 20.4 Å². The molecule has 1 aromatic carbocycles. The number of carbonyl (C=O) groups excluding carboxylic acids is 1. The highest BCUT2D eigenvalue weighted by Crippen LogP contribution is 2.21. The number of likely N-dealkylation sites (tertiary alicyclic amines) is 1. The van der Waals surface area contributed by atoms with Gasteiger partial charge in [0.15, 0.2) is 5.96 Å². The zero-order valence-electron chi connectivity index (χ0n) is 17.9. The van der Waals surface area contributed by atoms with Crippen LogP contribution in [0, 0.1) is 0 Å². The lowest BCUT2D eigenvalue weighted by Gasteiger charge is -2.22. The number of halogens is 1. The molecule has 6 nitrogen and oxygen atoms in total. The van der Waals surface area contributed by atoms with Gasteiger partial charge in [0.05, 0.1) is 0 Å². The standard InChI is InChI=1S/C22H35N5O.HI/c1-17-13-20(16-27(17)15-18-9-5-4-6-10-18)25-22(23-14-21(28)26(2)3)24-19-11-7-8-12-19;/h4-6,9-10,17,19-20H,7-8,11-16H2,1-3H3,(H2,23,24,25);1H. The molecule has 1 aromatic rings. The van der Waals surface area contributed by atoms with Crippen molar-refractivity contribution in [1.29, 1.82) is 0 Å². The van der Waals surface area contributed by atoms with Gasteiger partial charge >= 0.3 is 0 Å². The predicted molar refractivity (Wildman–Crippen MR) is 130 cm³/mol. The van der Waals surface area contributed by atoms with Gasteiger partial charge in [-0.05, 0) is 31.7 Å². The maximum absolute atomic E-state index is 12.0. The van der Waals surface area contributed by atoms with Crippen molar-refractivity contribution < 1.29 is 4.79 Å². The van der Waals surface area contributed by atoms with E-state index in [-0.39, 0.29) is 36.4 Å². The summed E-state index contributed by atoms with van der Waals surface area (Å²) in [6.45, 7) is 4.44. The van der Waals surface area contributed by atoms with Crippen LogP contribution in [0.3, 0.4) is 0 Å². The summed E-state index contributed by atoms with van der Waals surface area (Å²) in [5, 5.41) is 7.18. The topological polar surface area (TPSA) is 60.0 Å². The second-order valence-corrected chi connectivity index (χ2v) is 8.42. The van der Waals surface area contributed by atoms with Gasteiger partial charge in [0.2, 0.25) is 5.91 Å². The molecule has 2 atom stereocenters. The van der Waals surface area contributed by atoms with Crippen LogP contribution < -0.4 is 10.6 Å². The zero-order valence-corrected chi connectivity index (χ0v) is 20.3. The summed E-state index contributed by atoms with van der Waals surface area (Å²) >= 11 is 0. The van der Waals surface area contributed by atoms with E-state index in [2.05, 4.69) is 57.8 Å². The maximum atomic E-state index is 12.0. The number of rotatable bonds is 6. The Kier molecular flexibility index (Phi) is 9.68. The Morgan fingerprint density at radius 2 is 1.79 bits per heavy atom. The van der Waals surface area contributed by atoms with E-state index in [1.807, 2.05) is 0 Å². The summed E-state index contributed by atoms with van der Waals surface area (Å²) in [7, 11) is 3.55. The first-order valence-electron chi connectivity index (χ1n) is 10.6. The zero-order chi connectivity index (χ0) is 19.9. The molecule has 1 saturated carbocycles. The molecule has 1 aliphatic heterocycles. The smallest absolute Gasteiger partial charge is 0.243 e. The van der Waals surface area contributed by atoms with Crippen molar-refractivity contribution in [2.24, 2.45) is 4.99 Å². The van der Waals surface area contributed by atoms with E-state index in [4.69, 9.17) is 0 Å². The summed E-state index contributed by atoms with van der Waals surface area (Å²) in [6, 6.07) is 12.0. The lowest BCUT2D eigenvalue weighted by atomic mass is 10.2. The van der Waals surface area contributed by atoms with Crippen LogP contribution in [-0.2, 0) is 11.3 Å². The Bertz CT molecular complexity index is 660. The third kappa shape index (κ3) is 7.44. The summed E-state index contributed by atoms with van der Waals surface area (Å²) < 4.78 is 0. The van der Waals surface area contributed by atoms with Crippen molar-refractivity contribution >= 4 is 35.8 Å². The number of nitrogens with zero attached hydrogens (tertiary/aromatic N) is 3. The minimum atomic E-state index is 0. The number of nitrogens with one attached hydrogen (secondary N) is 2. The quantitative estimate of drug-likeness (QED) is 0.349. The molecule has 0 bridgehead atoms. The van der Waals surface area contributed by atoms with Crippen LogP contribution in [0.4, 0.5) is 0 Å². The Hall–Kier alpha value is -1.35. The van der Waals surface area contributed by atoms with Crippen LogP contribution in [0.5, 0.6) is 0 Å². The fraction of sp³-hybridized carbons (Fsp3) is 0.636. The lowest BCUT2D eigenvalue weighted by molar-refractivity contribution is -0.127. The van der Waals surface area contributed by atoms with E-state index in [1.165, 1.54) is 31.2 Å². The van der Waals surface area contributed by atoms with Crippen LogP contribution in [0.15, 0.2) is 35.3 Å². The lowest BCUT2D eigenvalue weighted by Crippen LogP contribution is -2.48. The highest BCUT2D eigenvalue weighted by atomic mass is 127. The number of hydrogen-bond donors (Lipinski definition) is 2. The van der Waals surface area contributed by atoms with Crippen LogP contribution in [0.2, 0.25) is 0 Å². The van der Waals surface area contributed by atoms with Crippen molar-refractivity contribution in [2.75, 3.05) is 27.2 Å². The summed E-state index contributed by atoms with van der Waals surface area (Å²) in [6.07, 6.45) is 5.99. The van der Waals surface area contributed by atoms with Gasteiger partial charge in [-0.2, -0.15) is 0 Å². The van der Waals surface area contributed by atoms with Gasteiger partial charge in [0, 0.05) is 45.3 Å². The van der Waals surface area contributed by atoms with Gasteiger partial charge < -0.3 is 15.5 Å². The molecule has 2 fully saturated rings. The minimum Gasteiger partial charge on any atom is -0.354 e. The van der Waals surface area contributed by atoms with Gasteiger partial charge in [0.25, 0.3) is 0 Å². The van der Waals surface area contributed by atoms with E-state index >= 15 is 0 Å². The molecule has 0 spiro atoms. The molecule has 2 unspecified atom stereocenters. The van der Waals surface area contributed by atoms with Crippen LogP contribution in [0.1, 0.15) is 44.6 Å². The number of likely N-dealkylation sites (N-methyl/N-ethyl adjacent to an activating group) is 1. The van der Waals surface area contributed by atoms with Crippen molar-refractivity contribution in [2.45, 2.75) is 63.7 Å². The predicted octanol–water partition coefficient (Wildman–Crippen LogP) is 2.83. The molecule has 1 saturated heterocycles. The molecular formula is C22H36IN5O. The number of aliphatic imine (C=N–C) groups is 1. The molecule has 29 heavy (non-hydrogen) atoms. The van der Waals surface area contributed by atoms with E-state index < -0.39 is 0 Å². The van der Waals surface area contributed by atoms with Gasteiger partial charge in [-0.15, -0.1) is 24.0 Å². The average Bonchev–Trinajstić information content (AvgIpc) is 3.30. The molecule has 1 amide bonds. The number of hydrogen-bond acceptors (Lipinski definition) is 3. The first-order valence-corrected chi connectivity index (χ1v) is 10.6. The SMILES string of the molecule is CC1CC(NC(=NCC(=O)N(C)C)NC2CCCC2)CN1Cc1ccccc1.I. The van der Waals surface area contributed by atoms with Gasteiger partial charge in [-0.3, -0.25) is 9.69 Å². The van der Waals surface area contributed by atoms with E-state index in [0.29, 0.717) is 18.1 Å². The van der Waals surface area contributed by atoms with Crippen molar-refractivity contribution in [3.8, 4) is 0 Å². The number of benzene rings is 1. The fourth-order valence-corrected chi connectivity index (χ4v) is 4.12. The van der Waals surface area contributed by atoms with Crippen LogP contribution in [-0.4, -0.2) is 67.0 Å². The largest absolute Gasteiger partial charge is 0.354 e. The molecule has 2 N–H and O–H groups in total. The Labute approximate surface area is 192 Å². The van der Waals surface area contributed by atoms with Crippen molar-refractivity contribution in [3.05, 3.63) is 35.9 Å². The van der Waals surface area contributed by atoms with Crippen molar-refractivity contribution in [3.63, 3.8) is 0 Å². The maximum Gasteiger partial charge on any atom is 0.243 e. The monoisotopic (exact) mass is 513 g/mol. The van der Waals surface area contributed by atoms with Gasteiger partial charge in [-0.25, -0.2) is 4.99 Å². The fourth-order valence-electron chi connectivity index (χ4n) is 4.12. The Morgan fingerprint density at radius 1 is 1.14 bits per heavy atom. The van der Waals surface area contributed by atoms with E-state index in [9.17, 15) is 4.79 Å². The Balaban J connectivity index is 0.00000300. The minimum absolute atomic E-state index is 0. The molecule has 2 aliphatic rings. The average molecular weight is 513 g/mol. The molecule has 1 aliphatic carbocycles. The molecule has 1 heterocycles. The molecule has 0 radical (unpaired) electrons.